The van der Waals surface area contributed by atoms with Gasteiger partial charge in [0.1, 0.15) is 5.75 Å². The van der Waals surface area contributed by atoms with Gasteiger partial charge in [-0.2, -0.15) is 0 Å². The number of phenols is 1. The second-order valence-corrected chi connectivity index (χ2v) is 13.1. The van der Waals surface area contributed by atoms with E-state index in [0.717, 1.165) is 29.0 Å². The molecule has 0 saturated heterocycles. The van der Waals surface area contributed by atoms with Crippen molar-refractivity contribution in [2.45, 2.75) is 105 Å². The van der Waals surface area contributed by atoms with Crippen molar-refractivity contribution in [2.75, 3.05) is 0 Å². The highest BCUT2D eigenvalue weighted by Gasteiger charge is 2.65. The maximum absolute atomic E-state index is 10.5. The molecule has 0 amide bonds. The lowest BCUT2D eigenvalue weighted by molar-refractivity contribution is -0.145. The topological polar surface area (TPSA) is 44.1 Å². The Balaban J connectivity index is 0.000000550. The van der Waals surface area contributed by atoms with Gasteiger partial charge in [-0.1, -0.05) is 78.3 Å². The summed E-state index contributed by atoms with van der Waals surface area (Å²) in [4.78, 5) is 0. The van der Waals surface area contributed by atoms with E-state index in [9.17, 15) is 5.11 Å². The first-order chi connectivity index (χ1) is 16.9. The molecule has 2 N–H and O–H groups in total. The summed E-state index contributed by atoms with van der Waals surface area (Å²) in [5.41, 5.74) is 5.22. The van der Waals surface area contributed by atoms with E-state index < -0.39 is 0 Å². The Labute approximate surface area is 220 Å². The zero-order valence-electron chi connectivity index (χ0n) is 24.2. The van der Waals surface area contributed by atoms with Gasteiger partial charge in [-0.25, -0.2) is 0 Å². The van der Waals surface area contributed by atoms with Crippen LogP contribution in [0, 0.1) is 40.4 Å². The molecule has 3 saturated carbocycles. The van der Waals surface area contributed by atoms with Crippen molar-refractivity contribution < 1.29 is 5.11 Å². The van der Waals surface area contributed by atoms with Gasteiger partial charge in [0, 0.05) is 10.6 Å². The smallest absolute Gasteiger partial charge is 0.125 e. The summed E-state index contributed by atoms with van der Waals surface area (Å²) >= 11 is 0. The second-order valence-electron chi connectivity index (χ2n) is 13.1. The number of hydrogen-bond acceptors (Lipinski definition) is 2. The average molecular weight is 490 g/mol. The molecule has 0 aromatic heterocycles. The molecule has 2 nitrogen and oxygen atoms in total. The maximum Gasteiger partial charge on any atom is 0.125 e. The van der Waals surface area contributed by atoms with Gasteiger partial charge in [0.2, 0.25) is 0 Å². The minimum atomic E-state index is 0.0528. The van der Waals surface area contributed by atoms with Gasteiger partial charge in [0.05, 0.1) is 0 Å². The number of benzene rings is 1. The van der Waals surface area contributed by atoms with E-state index in [2.05, 4.69) is 79.6 Å². The first kappa shape index (κ1) is 28.5. The lowest BCUT2D eigenvalue weighted by Crippen LogP contribution is -2.61. The normalized spacial score (nSPS) is 38.0. The number of fused-ring (bicyclic) bond motifs is 7. The highest BCUT2D eigenvalue weighted by molar-refractivity contribution is 5.60. The van der Waals surface area contributed by atoms with Gasteiger partial charge in [-0.05, 0) is 109 Å². The lowest BCUT2D eigenvalue weighted by atomic mass is 9.35. The van der Waals surface area contributed by atoms with Crippen LogP contribution in [0.4, 0.5) is 0 Å². The summed E-state index contributed by atoms with van der Waals surface area (Å²) < 4.78 is 0. The van der Waals surface area contributed by atoms with Gasteiger partial charge in [-0.15, -0.1) is 6.58 Å². The molecular weight excluding hydrogens is 438 g/mol. The standard InChI is InChI=1S/C29H40O.C4H8.CH3N/c1-18-10-11-26(4)12-14-28(6)23-9-8-21-20(3)25(30)19(2)17-22(21)27(23,5)13-15-29(28,7)24(26)16-18;1-3-4-2;1-2/h8-9,17-18,24,30H,2,10-16H2,1,3-7H3;3H,1,4H2,2H3;2H,1H2. The molecule has 4 aliphatic rings. The van der Waals surface area contributed by atoms with Gasteiger partial charge in [0.25, 0.3) is 0 Å². The molecule has 6 atom stereocenters. The molecule has 4 aliphatic carbocycles. The van der Waals surface area contributed by atoms with Crippen LogP contribution in [-0.2, 0) is 5.41 Å². The van der Waals surface area contributed by atoms with E-state index in [-0.39, 0.29) is 10.8 Å². The fourth-order valence-electron chi connectivity index (χ4n) is 8.61. The number of rotatable bonds is 1. The molecular formula is C34H51NO. The SMILES string of the molecule is C=CCC.C=N.C=c1cc2c(c(C)c1O)=CC=C1C2(C)CCC2(C)C3CC(C)CCC3(C)CCC12C. The Morgan fingerprint density at radius 1 is 1.06 bits per heavy atom. The molecule has 1 aromatic carbocycles. The Kier molecular flexibility index (Phi) is 7.91. The van der Waals surface area contributed by atoms with Gasteiger partial charge < -0.3 is 10.5 Å². The zero-order valence-corrected chi connectivity index (χ0v) is 24.2. The van der Waals surface area contributed by atoms with E-state index in [1.54, 1.807) is 5.57 Å². The van der Waals surface area contributed by atoms with E-state index >= 15 is 0 Å². The fourth-order valence-corrected chi connectivity index (χ4v) is 8.61. The average Bonchev–Trinajstić information content (AvgIpc) is 2.87. The summed E-state index contributed by atoms with van der Waals surface area (Å²) in [5.74, 6) is 2.05. The van der Waals surface area contributed by atoms with Crippen LogP contribution in [0.1, 0.15) is 104 Å². The first-order valence-corrected chi connectivity index (χ1v) is 14.1. The van der Waals surface area contributed by atoms with Gasteiger partial charge >= 0.3 is 0 Å². The molecule has 6 unspecified atom stereocenters. The Morgan fingerprint density at radius 3 is 2.31 bits per heavy atom. The summed E-state index contributed by atoms with van der Waals surface area (Å²) in [7, 11) is 0. The monoisotopic (exact) mass is 489 g/mol. The van der Waals surface area contributed by atoms with Crippen LogP contribution < -0.4 is 10.4 Å². The zero-order chi connectivity index (χ0) is 27.1. The molecule has 0 aliphatic heterocycles. The van der Waals surface area contributed by atoms with Crippen LogP contribution in [0.5, 0.6) is 5.75 Å². The third kappa shape index (κ3) is 4.04. The van der Waals surface area contributed by atoms with E-state index in [1.807, 2.05) is 13.0 Å². The molecule has 0 bridgehead atoms. The van der Waals surface area contributed by atoms with E-state index in [4.69, 9.17) is 5.41 Å². The fraction of sp³-hybridized carbons (Fsp3) is 0.618. The molecule has 5 rings (SSSR count). The van der Waals surface area contributed by atoms with Crippen molar-refractivity contribution in [3.63, 3.8) is 0 Å². The Bertz CT molecular complexity index is 1150. The molecule has 198 valence electrons. The van der Waals surface area contributed by atoms with E-state index in [1.165, 1.54) is 55.7 Å². The van der Waals surface area contributed by atoms with Gasteiger partial charge in [-0.3, -0.25) is 0 Å². The second kappa shape index (κ2) is 9.99. The number of nitrogens with one attached hydrogen (secondary N) is 1. The van der Waals surface area contributed by atoms with Gasteiger partial charge in [0.15, 0.2) is 0 Å². The quantitative estimate of drug-likeness (QED) is 0.305. The highest BCUT2D eigenvalue weighted by Crippen LogP contribution is 2.73. The largest absolute Gasteiger partial charge is 0.507 e. The minimum Gasteiger partial charge on any atom is -0.507 e. The summed E-state index contributed by atoms with van der Waals surface area (Å²) in [6.07, 6.45) is 17.1. The van der Waals surface area contributed by atoms with Crippen LogP contribution in [0.3, 0.4) is 0 Å². The van der Waals surface area contributed by atoms with Crippen molar-refractivity contribution >= 4 is 19.4 Å². The number of aromatic hydroxyl groups is 1. The van der Waals surface area contributed by atoms with Crippen molar-refractivity contribution in [1.82, 2.24) is 0 Å². The summed E-state index contributed by atoms with van der Waals surface area (Å²) in [6, 6.07) is 2.18. The third-order valence-corrected chi connectivity index (χ3v) is 11.2. The van der Waals surface area contributed by atoms with Crippen molar-refractivity contribution in [3.8, 4) is 5.75 Å². The number of phenolic OH excluding ortho intramolecular Hbond substituents is 1. The molecule has 0 heterocycles. The predicted molar refractivity (Wildman–Crippen MR) is 157 cm³/mol. The predicted octanol–water partition coefficient (Wildman–Crippen LogP) is 7.98. The number of hydrogen-bond donors (Lipinski definition) is 2. The minimum absolute atomic E-state index is 0.0528. The third-order valence-electron chi connectivity index (χ3n) is 11.2. The van der Waals surface area contributed by atoms with Crippen molar-refractivity contribution in [2.24, 2.45) is 28.1 Å². The van der Waals surface area contributed by atoms with Crippen LogP contribution in [0.2, 0.25) is 0 Å². The highest BCUT2D eigenvalue weighted by atomic mass is 16.3. The molecule has 0 spiro atoms. The molecule has 36 heavy (non-hydrogen) atoms. The maximum atomic E-state index is 10.5. The van der Waals surface area contributed by atoms with Crippen LogP contribution in [-0.4, -0.2) is 11.8 Å². The molecule has 3 fully saturated rings. The molecule has 2 heteroatoms. The van der Waals surface area contributed by atoms with E-state index in [0.29, 0.717) is 16.6 Å². The Morgan fingerprint density at radius 2 is 1.69 bits per heavy atom. The molecule has 1 aromatic rings. The molecule has 0 radical (unpaired) electrons. The lowest BCUT2D eigenvalue weighted by Gasteiger charge is -2.69. The Hall–Kier alpha value is -2.09. The van der Waals surface area contributed by atoms with Crippen LogP contribution in [0.15, 0.2) is 30.4 Å². The number of allylic oxidation sites excluding steroid dienone is 3. The van der Waals surface area contributed by atoms with Crippen LogP contribution in [0.25, 0.3) is 12.7 Å². The van der Waals surface area contributed by atoms with Crippen molar-refractivity contribution in [3.05, 3.63) is 51.9 Å². The summed E-state index contributed by atoms with van der Waals surface area (Å²) in [6.45, 7) is 27.1. The van der Waals surface area contributed by atoms with Crippen LogP contribution >= 0.6 is 0 Å². The summed E-state index contributed by atoms with van der Waals surface area (Å²) in [5, 5.41) is 18.0. The first-order valence-electron chi connectivity index (χ1n) is 14.1. The van der Waals surface area contributed by atoms with Crippen molar-refractivity contribution in [1.29, 1.82) is 5.41 Å².